The van der Waals surface area contributed by atoms with Crippen molar-refractivity contribution in [3.63, 3.8) is 0 Å². The van der Waals surface area contributed by atoms with Gasteiger partial charge in [-0.2, -0.15) is 0 Å². The van der Waals surface area contributed by atoms with Gasteiger partial charge in [0.1, 0.15) is 5.82 Å². The van der Waals surface area contributed by atoms with Gasteiger partial charge in [-0.25, -0.2) is 9.18 Å². The molecule has 0 aliphatic carbocycles. The van der Waals surface area contributed by atoms with Crippen LogP contribution in [-0.4, -0.2) is 33.7 Å². The van der Waals surface area contributed by atoms with Crippen LogP contribution in [-0.2, 0) is 11.3 Å². The van der Waals surface area contributed by atoms with Crippen molar-refractivity contribution in [2.75, 3.05) is 6.61 Å². The molecule has 1 heterocycles. The second-order valence-electron chi connectivity index (χ2n) is 4.60. The fourth-order valence-electron chi connectivity index (χ4n) is 1.87. The van der Waals surface area contributed by atoms with E-state index in [9.17, 15) is 24.2 Å². The van der Waals surface area contributed by atoms with E-state index in [2.05, 4.69) is 15.0 Å². The second-order valence-corrected chi connectivity index (χ2v) is 4.60. The van der Waals surface area contributed by atoms with E-state index in [0.29, 0.717) is 5.56 Å². The van der Waals surface area contributed by atoms with Crippen LogP contribution in [0.5, 0.6) is 11.5 Å². The quantitative estimate of drug-likeness (QED) is 0.626. The molecule has 8 heteroatoms. The molecule has 0 aliphatic heterocycles. The minimum Gasteiger partial charge on any atom is -0.503 e. The number of halogens is 1. The standard InChI is InChI=1S/C15H15FN2O5/c1-2-23-15(22)11-13(20)12(19)10(18-11)14(21)17-7-8-3-5-9(16)6-4-8/h3-6,18-20H,2,7H2,1H3,(H,17,21). The third kappa shape index (κ3) is 3.60. The van der Waals surface area contributed by atoms with Crippen molar-refractivity contribution in [1.82, 2.24) is 10.3 Å². The summed E-state index contributed by atoms with van der Waals surface area (Å²) in [6, 6.07) is 5.48. The third-order valence-corrected chi connectivity index (χ3v) is 3.02. The molecule has 122 valence electrons. The first-order chi connectivity index (χ1) is 10.9. The number of hydrogen-bond donors (Lipinski definition) is 4. The number of carbonyl (C=O) groups excluding carboxylic acids is 2. The van der Waals surface area contributed by atoms with E-state index in [1.54, 1.807) is 6.92 Å². The predicted octanol–water partition coefficient (Wildman–Crippen LogP) is 1.67. The van der Waals surface area contributed by atoms with E-state index in [0.717, 1.165) is 0 Å². The van der Waals surface area contributed by atoms with Crippen molar-refractivity contribution in [3.8, 4) is 11.5 Å². The van der Waals surface area contributed by atoms with Gasteiger partial charge in [-0.05, 0) is 24.6 Å². The van der Waals surface area contributed by atoms with Gasteiger partial charge in [0.2, 0.25) is 0 Å². The molecule has 1 aromatic carbocycles. The normalized spacial score (nSPS) is 10.3. The molecular formula is C15H15FN2O5. The van der Waals surface area contributed by atoms with Crippen molar-refractivity contribution in [1.29, 1.82) is 0 Å². The fraction of sp³-hybridized carbons (Fsp3) is 0.200. The summed E-state index contributed by atoms with van der Waals surface area (Å²) in [7, 11) is 0. The van der Waals surface area contributed by atoms with Crippen LogP contribution in [0.3, 0.4) is 0 Å². The summed E-state index contributed by atoms with van der Waals surface area (Å²) in [4.78, 5) is 25.9. The van der Waals surface area contributed by atoms with Crippen molar-refractivity contribution in [2.45, 2.75) is 13.5 Å². The van der Waals surface area contributed by atoms with E-state index in [-0.39, 0.29) is 18.8 Å². The van der Waals surface area contributed by atoms with Crippen LogP contribution in [0, 0.1) is 5.82 Å². The maximum absolute atomic E-state index is 12.8. The Bertz CT molecular complexity index is 724. The van der Waals surface area contributed by atoms with Gasteiger partial charge in [0.15, 0.2) is 22.9 Å². The lowest BCUT2D eigenvalue weighted by molar-refractivity contribution is 0.0516. The number of amides is 1. The summed E-state index contributed by atoms with van der Waals surface area (Å²) in [5.74, 6) is -3.53. The van der Waals surface area contributed by atoms with Crippen LogP contribution in [0.2, 0.25) is 0 Å². The van der Waals surface area contributed by atoms with Crippen molar-refractivity contribution >= 4 is 11.9 Å². The SMILES string of the molecule is CCOC(=O)c1[nH]c(C(=O)NCc2ccc(F)cc2)c(O)c1O. The molecule has 1 aromatic heterocycles. The number of benzene rings is 1. The Hall–Kier alpha value is -3.03. The molecule has 0 aliphatic rings. The molecule has 0 spiro atoms. The lowest BCUT2D eigenvalue weighted by Crippen LogP contribution is -2.23. The zero-order chi connectivity index (χ0) is 17.0. The first-order valence-electron chi connectivity index (χ1n) is 6.77. The van der Waals surface area contributed by atoms with Gasteiger partial charge in [0.05, 0.1) is 6.61 Å². The molecule has 23 heavy (non-hydrogen) atoms. The number of ether oxygens (including phenoxy) is 1. The van der Waals surface area contributed by atoms with Gasteiger partial charge in [-0.1, -0.05) is 12.1 Å². The van der Waals surface area contributed by atoms with Gasteiger partial charge < -0.3 is 25.3 Å². The molecule has 0 fully saturated rings. The van der Waals surface area contributed by atoms with Crippen LogP contribution >= 0.6 is 0 Å². The Balaban J connectivity index is 2.11. The second kappa shape index (κ2) is 6.82. The van der Waals surface area contributed by atoms with Crippen LogP contribution in [0.4, 0.5) is 4.39 Å². The summed E-state index contributed by atoms with van der Waals surface area (Å²) in [6.07, 6.45) is 0. The zero-order valence-electron chi connectivity index (χ0n) is 12.2. The lowest BCUT2D eigenvalue weighted by atomic mass is 10.2. The molecular weight excluding hydrogens is 307 g/mol. The smallest absolute Gasteiger partial charge is 0.358 e. The minimum absolute atomic E-state index is 0.0736. The van der Waals surface area contributed by atoms with E-state index < -0.39 is 34.9 Å². The Morgan fingerprint density at radius 3 is 2.39 bits per heavy atom. The maximum Gasteiger partial charge on any atom is 0.358 e. The van der Waals surface area contributed by atoms with Crippen molar-refractivity contribution in [2.24, 2.45) is 0 Å². The number of hydrogen-bond acceptors (Lipinski definition) is 5. The predicted molar refractivity (Wildman–Crippen MR) is 77.6 cm³/mol. The Kier molecular flexibility index (Phi) is 4.85. The summed E-state index contributed by atoms with van der Waals surface area (Å²) < 4.78 is 17.5. The Morgan fingerprint density at radius 1 is 1.17 bits per heavy atom. The third-order valence-electron chi connectivity index (χ3n) is 3.02. The number of aromatic hydroxyl groups is 2. The molecule has 4 N–H and O–H groups in total. The average Bonchev–Trinajstić information content (AvgIpc) is 2.83. The fourth-order valence-corrected chi connectivity index (χ4v) is 1.87. The molecule has 0 atom stereocenters. The zero-order valence-corrected chi connectivity index (χ0v) is 12.2. The molecule has 0 unspecified atom stereocenters. The highest BCUT2D eigenvalue weighted by Crippen LogP contribution is 2.33. The van der Waals surface area contributed by atoms with Crippen molar-refractivity contribution in [3.05, 3.63) is 47.0 Å². The van der Waals surface area contributed by atoms with Gasteiger partial charge in [-0.15, -0.1) is 0 Å². The number of H-pyrrole nitrogens is 1. The van der Waals surface area contributed by atoms with Gasteiger partial charge in [0, 0.05) is 6.54 Å². The first kappa shape index (κ1) is 16.3. The molecule has 7 nitrogen and oxygen atoms in total. The molecule has 0 bridgehead atoms. The van der Waals surface area contributed by atoms with E-state index in [1.165, 1.54) is 24.3 Å². The van der Waals surface area contributed by atoms with Gasteiger partial charge >= 0.3 is 5.97 Å². The molecule has 2 rings (SSSR count). The van der Waals surface area contributed by atoms with Crippen molar-refractivity contribution < 1.29 is 28.9 Å². The largest absolute Gasteiger partial charge is 0.503 e. The first-order valence-corrected chi connectivity index (χ1v) is 6.77. The van der Waals surface area contributed by atoms with E-state index >= 15 is 0 Å². The number of nitrogens with one attached hydrogen (secondary N) is 2. The lowest BCUT2D eigenvalue weighted by Gasteiger charge is -2.04. The Labute approximate surface area is 130 Å². The molecule has 1 amide bonds. The van der Waals surface area contributed by atoms with Gasteiger partial charge in [0.25, 0.3) is 5.91 Å². The molecule has 2 aromatic rings. The van der Waals surface area contributed by atoms with Crippen LogP contribution in [0.1, 0.15) is 33.5 Å². The summed E-state index contributed by atoms with van der Waals surface area (Å²) in [5.41, 5.74) is -0.135. The topological polar surface area (TPSA) is 112 Å². The van der Waals surface area contributed by atoms with E-state index in [1.807, 2.05) is 0 Å². The highest BCUT2D eigenvalue weighted by atomic mass is 19.1. The Morgan fingerprint density at radius 2 is 1.78 bits per heavy atom. The average molecular weight is 322 g/mol. The maximum atomic E-state index is 12.8. The molecule has 0 radical (unpaired) electrons. The number of rotatable bonds is 5. The number of aromatic amines is 1. The summed E-state index contributed by atoms with van der Waals surface area (Å²) in [5, 5.41) is 21.9. The summed E-state index contributed by atoms with van der Waals surface area (Å²) in [6.45, 7) is 1.73. The van der Waals surface area contributed by atoms with Crippen LogP contribution in [0.25, 0.3) is 0 Å². The van der Waals surface area contributed by atoms with Crippen LogP contribution < -0.4 is 5.32 Å². The van der Waals surface area contributed by atoms with Gasteiger partial charge in [-0.3, -0.25) is 4.79 Å². The van der Waals surface area contributed by atoms with E-state index in [4.69, 9.17) is 0 Å². The van der Waals surface area contributed by atoms with Crippen LogP contribution in [0.15, 0.2) is 24.3 Å². The molecule has 0 saturated carbocycles. The number of carbonyl (C=O) groups is 2. The highest BCUT2D eigenvalue weighted by Gasteiger charge is 2.26. The summed E-state index contributed by atoms with van der Waals surface area (Å²) >= 11 is 0. The minimum atomic E-state index is -0.891. The molecule has 0 saturated heterocycles. The monoisotopic (exact) mass is 322 g/mol. The number of aromatic nitrogens is 1. The highest BCUT2D eigenvalue weighted by molar-refractivity contribution is 6.00. The number of esters is 1.